The molecule has 1 rings (SSSR count). The Kier molecular flexibility index (Phi) is 3.86. The molecule has 1 aromatic carbocycles. The molecule has 0 aliphatic carbocycles. The van der Waals surface area contributed by atoms with E-state index in [2.05, 4.69) is 0 Å². The average Bonchev–Trinajstić information content (AvgIpc) is 2.25. The van der Waals surface area contributed by atoms with Gasteiger partial charge in [0.25, 0.3) is 0 Å². The molecule has 0 saturated heterocycles. The molecule has 0 aliphatic heterocycles. The van der Waals surface area contributed by atoms with E-state index in [0.29, 0.717) is 0 Å². The molecule has 0 atom stereocenters. The van der Waals surface area contributed by atoms with E-state index < -0.39 is 13.5 Å². The molecule has 0 saturated carbocycles. The van der Waals surface area contributed by atoms with Gasteiger partial charge in [0.05, 0.1) is 0 Å². The van der Waals surface area contributed by atoms with Gasteiger partial charge in [-0.1, -0.05) is 0 Å². The number of rotatable bonds is 4. The molecule has 0 spiro atoms. The van der Waals surface area contributed by atoms with Crippen LogP contribution >= 0.6 is 8.19 Å². The molecule has 0 N–H and O–H groups in total. The molecular weight excluding hydrogens is 244 g/mol. The maximum absolute atomic E-state index is 12.9. The molecule has 7 heteroatoms. The van der Waals surface area contributed by atoms with Crippen molar-refractivity contribution in [3.05, 3.63) is 12.1 Å². The fourth-order valence-corrected chi connectivity index (χ4v) is 2.19. The van der Waals surface area contributed by atoms with Crippen molar-refractivity contribution in [3.63, 3.8) is 0 Å². The van der Waals surface area contributed by atoms with E-state index in [0.717, 1.165) is 0 Å². The van der Waals surface area contributed by atoms with E-state index >= 15 is 0 Å². The van der Waals surface area contributed by atoms with Crippen molar-refractivity contribution in [2.24, 2.45) is 0 Å². The number of hydrogen-bond donors (Lipinski definition) is 0. The Balaban J connectivity index is 3.44. The van der Waals surface area contributed by atoms with Gasteiger partial charge in [0.15, 0.2) is 0 Å². The summed E-state index contributed by atoms with van der Waals surface area (Å²) in [6.07, 6.45) is 0. The van der Waals surface area contributed by atoms with Crippen LogP contribution in [-0.4, -0.2) is 21.3 Å². The van der Waals surface area contributed by atoms with Gasteiger partial charge in [-0.3, -0.25) is 0 Å². The Bertz CT molecular complexity index is 354. The summed E-state index contributed by atoms with van der Waals surface area (Å²) in [5, 5.41) is -0.807. The standard InChI is InChI=1S/C9H12F3O3P/c1-13-6-4-7(14-2)9(16(10,11)12)8(5-6)15-3/h4-5,16H,1-3H3. The number of hydrogen-bond acceptors (Lipinski definition) is 3. The monoisotopic (exact) mass is 256 g/mol. The summed E-state index contributed by atoms with van der Waals surface area (Å²) in [6, 6.07) is 2.39. The first-order valence-electron chi connectivity index (χ1n) is 4.31. The number of benzene rings is 1. The van der Waals surface area contributed by atoms with Gasteiger partial charge in [-0.2, -0.15) is 0 Å². The topological polar surface area (TPSA) is 27.7 Å². The van der Waals surface area contributed by atoms with Gasteiger partial charge in [-0.05, 0) is 0 Å². The normalized spacial score (nSPS) is 12.1. The van der Waals surface area contributed by atoms with Crippen molar-refractivity contribution in [1.29, 1.82) is 0 Å². The number of methoxy groups -OCH3 is 3. The fourth-order valence-electron chi connectivity index (χ4n) is 1.29. The Labute approximate surface area is 91.8 Å². The van der Waals surface area contributed by atoms with Crippen LogP contribution in [0, 0.1) is 0 Å². The molecule has 0 bridgehead atoms. The number of halogens is 3. The van der Waals surface area contributed by atoms with Gasteiger partial charge in [0.2, 0.25) is 0 Å². The second-order valence-electron chi connectivity index (χ2n) is 2.90. The SMILES string of the molecule is COc1cc(OC)c([PH](F)(F)F)c(OC)c1. The summed E-state index contributed by atoms with van der Waals surface area (Å²) in [5.74, 6) is -0.276. The first-order chi connectivity index (χ1) is 7.43. The van der Waals surface area contributed by atoms with Gasteiger partial charge < -0.3 is 0 Å². The second-order valence-corrected chi connectivity index (χ2v) is 4.40. The van der Waals surface area contributed by atoms with Crippen LogP contribution in [0.1, 0.15) is 0 Å². The molecule has 0 aliphatic rings. The van der Waals surface area contributed by atoms with Crippen LogP contribution in [0.4, 0.5) is 12.6 Å². The van der Waals surface area contributed by atoms with Gasteiger partial charge in [0.1, 0.15) is 0 Å². The van der Waals surface area contributed by atoms with E-state index in [-0.39, 0.29) is 17.2 Å². The zero-order valence-electron chi connectivity index (χ0n) is 9.01. The fraction of sp³-hybridized carbons (Fsp3) is 0.333. The molecular formula is C9H12F3O3P. The Morgan fingerprint density at radius 1 is 0.875 bits per heavy atom. The van der Waals surface area contributed by atoms with Gasteiger partial charge in [0, 0.05) is 0 Å². The van der Waals surface area contributed by atoms with E-state index in [1.54, 1.807) is 0 Å². The molecule has 1 aromatic rings. The third-order valence-electron chi connectivity index (χ3n) is 2.00. The molecule has 0 heterocycles. The van der Waals surface area contributed by atoms with Crippen LogP contribution in [-0.2, 0) is 0 Å². The van der Waals surface area contributed by atoms with Crippen molar-refractivity contribution in [2.75, 3.05) is 21.3 Å². The van der Waals surface area contributed by atoms with Crippen molar-refractivity contribution < 1.29 is 26.8 Å². The Hall–Kier alpha value is -1.16. The third kappa shape index (κ3) is 2.50. The molecule has 0 radical (unpaired) electrons. The minimum atomic E-state index is -6.01. The zero-order chi connectivity index (χ0) is 12.3. The van der Waals surface area contributed by atoms with Gasteiger partial charge in [-0.15, -0.1) is 0 Å². The summed E-state index contributed by atoms with van der Waals surface area (Å²) in [5.41, 5.74) is 0. The van der Waals surface area contributed by atoms with Crippen LogP contribution in [0.2, 0.25) is 0 Å². The molecule has 0 amide bonds. The van der Waals surface area contributed by atoms with Crippen molar-refractivity contribution in [1.82, 2.24) is 0 Å². The van der Waals surface area contributed by atoms with E-state index in [1.807, 2.05) is 0 Å². The summed E-state index contributed by atoms with van der Waals surface area (Å²) in [7, 11) is -2.29. The van der Waals surface area contributed by atoms with E-state index in [1.165, 1.54) is 33.5 Å². The predicted octanol–water partition coefficient (Wildman–Crippen LogP) is 2.74. The molecule has 0 fully saturated rings. The second kappa shape index (κ2) is 4.78. The zero-order valence-corrected chi connectivity index (χ0v) is 10.0. The predicted molar refractivity (Wildman–Crippen MR) is 57.4 cm³/mol. The van der Waals surface area contributed by atoms with Crippen molar-refractivity contribution in [3.8, 4) is 17.2 Å². The van der Waals surface area contributed by atoms with Gasteiger partial charge >= 0.3 is 91.0 Å². The van der Waals surface area contributed by atoms with E-state index in [4.69, 9.17) is 14.2 Å². The van der Waals surface area contributed by atoms with E-state index in [9.17, 15) is 12.6 Å². The van der Waals surface area contributed by atoms with Crippen LogP contribution in [0.3, 0.4) is 0 Å². The summed E-state index contributed by atoms with van der Waals surface area (Å²) in [6.45, 7) is 0. The molecule has 0 unspecified atom stereocenters. The van der Waals surface area contributed by atoms with Crippen LogP contribution < -0.4 is 19.5 Å². The third-order valence-corrected chi connectivity index (χ3v) is 3.06. The maximum atomic E-state index is 12.9. The van der Waals surface area contributed by atoms with Crippen LogP contribution in [0.25, 0.3) is 0 Å². The quantitative estimate of drug-likeness (QED) is 0.775. The van der Waals surface area contributed by atoms with Crippen LogP contribution in [0.15, 0.2) is 12.1 Å². The summed E-state index contributed by atoms with van der Waals surface area (Å²) in [4.78, 5) is 0. The average molecular weight is 256 g/mol. The summed E-state index contributed by atoms with van der Waals surface area (Å²) < 4.78 is 52.8. The van der Waals surface area contributed by atoms with Gasteiger partial charge in [-0.25, -0.2) is 0 Å². The Morgan fingerprint density at radius 3 is 1.56 bits per heavy atom. The number of ether oxygens (including phenoxy) is 3. The Morgan fingerprint density at radius 2 is 1.31 bits per heavy atom. The minimum absolute atomic E-state index is 0.260. The van der Waals surface area contributed by atoms with Crippen molar-refractivity contribution in [2.45, 2.75) is 0 Å². The van der Waals surface area contributed by atoms with Crippen molar-refractivity contribution >= 4 is 13.5 Å². The molecule has 0 aromatic heterocycles. The first kappa shape index (κ1) is 12.9. The molecule has 16 heavy (non-hydrogen) atoms. The van der Waals surface area contributed by atoms with Crippen LogP contribution in [0.5, 0.6) is 17.2 Å². The summed E-state index contributed by atoms with van der Waals surface area (Å²) >= 11 is 0. The molecule has 92 valence electrons. The molecule has 3 nitrogen and oxygen atoms in total. The first-order valence-corrected chi connectivity index (χ1v) is 5.94.